The van der Waals surface area contributed by atoms with Crippen molar-refractivity contribution in [2.75, 3.05) is 0 Å². The van der Waals surface area contributed by atoms with Gasteiger partial charge in [0.2, 0.25) is 11.8 Å². The van der Waals surface area contributed by atoms with Crippen molar-refractivity contribution in [3.05, 3.63) is 35.9 Å². The fourth-order valence-electron chi connectivity index (χ4n) is 2.94. The van der Waals surface area contributed by atoms with Gasteiger partial charge in [-0.05, 0) is 12.0 Å². The first-order valence-electron chi connectivity index (χ1n) is 8.65. The van der Waals surface area contributed by atoms with Crippen LogP contribution in [-0.2, 0) is 35.2 Å². The first-order valence-corrected chi connectivity index (χ1v) is 8.65. The van der Waals surface area contributed by atoms with Crippen LogP contribution in [0.15, 0.2) is 30.3 Å². The molecule has 0 radical (unpaired) electrons. The van der Waals surface area contributed by atoms with Crippen molar-refractivity contribution < 1.29 is 28.8 Å². The highest BCUT2D eigenvalue weighted by Crippen LogP contribution is 2.14. The van der Waals surface area contributed by atoms with E-state index in [2.05, 4.69) is 10.6 Å². The zero-order valence-electron chi connectivity index (χ0n) is 14.5. The maximum absolute atomic E-state index is 12.5. The number of nitrogens with zero attached hydrogens (tertiary/aromatic N) is 1. The van der Waals surface area contributed by atoms with Gasteiger partial charge in [0, 0.05) is 25.7 Å². The molecule has 27 heavy (non-hydrogen) atoms. The standard InChI is InChI=1S/C18H19N3O6/c22-14-7-6-12(19-14)17(25)20-13(10-11-4-2-1-3-5-11)18(26)27-21-15(23)8-9-16(21)24/h1-5,12-13H,6-10H2,(H,19,22)(H,20,25)/t12-,13-/m0/s1. The van der Waals surface area contributed by atoms with E-state index in [0.717, 1.165) is 5.56 Å². The summed E-state index contributed by atoms with van der Waals surface area (Å²) in [4.78, 5) is 64.5. The quantitative estimate of drug-likeness (QED) is 0.655. The van der Waals surface area contributed by atoms with Crippen molar-refractivity contribution in [2.24, 2.45) is 0 Å². The minimum Gasteiger partial charge on any atom is -0.344 e. The molecule has 4 amide bonds. The van der Waals surface area contributed by atoms with Crippen molar-refractivity contribution in [1.29, 1.82) is 0 Å². The number of amides is 4. The van der Waals surface area contributed by atoms with Crippen LogP contribution in [0.2, 0.25) is 0 Å². The molecule has 9 heteroatoms. The Hall–Kier alpha value is -3.23. The van der Waals surface area contributed by atoms with Crippen LogP contribution in [0, 0.1) is 0 Å². The average Bonchev–Trinajstić information content (AvgIpc) is 3.22. The van der Waals surface area contributed by atoms with E-state index in [0.29, 0.717) is 11.5 Å². The molecule has 1 aromatic carbocycles. The van der Waals surface area contributed by atoms with Gasteiger partial charge in [0.15, 0.2) is 0 Å². The molecule has 2 aliphatic rings. The summed E-state index contributed by atoms with van der Waals surface area (Å²) < 4.78 is 0. The van der Waals surface area contributed by atoms with Crippen LogP contribution < -0.4 is 10.6 Å². The molecule has 3 rings (SSSR count). The van der Waals surface area contributed by atoms with Crippen LogP contribution in [0.4, 0.5) is 0 Å². The van der Waals surface area contributed by atoms with Gasteiger partial charge in [-0.2, -0.15) is 0 Å². The maximum atomic E-state index is 12.5. The molecule has 0 bridgehead atoms. The second-order valence-corrected chi connectivity index (χ2v) is 6.40. The lowest BCUT2D eigenvalue weighted by molar-refractivity contribution is -0.199. The Kier molecular flexibility index (Phi) is 5.49. The van der Waals surface area contributed by atoms with Gasteiger partial charge in [0.25, 0.3) is 11.8 Å². The molecule has 0 saturated carbocycles. The number of rotatable bonds is 6. The van der Waals surface area contributed by atoms with Crippen molar-refractivity contribution in [3.63, 3.8) is 0 Å². The first kappa shape index (κ1) is 18.6. The highest BCUT2D eigenvalue weighted by molar-refractivity contribution is 6.02. The fourth-order valence-corrected chi connectivity index (χ4v) is 2.94. The molecule has 2 fully saturated rings. The molecule has 0 unspecified atom stereocenters. The van der Waals surface area contributed by atoms with E-state index in [9.17, 15) is 24.0 Å². The SMILES string of the molecule is O=C1CC[C@@H](C(=O)N[C@@H](Cc2ccccc2)C(=O)ON2C(=O)CCC2=O)N1. The van der Waals surface area contributed by atoms with Gasteiger partial charge >= 0.3 is 5.97 Å². The van der Waals surface area contributed by atoms with Gasteiger partial charge < -0.3 is 15.5 Å². The number of nitrogens with one attached hydrogen (secondary N) is 2. The number of carbonyl (C=O) groups is 5. The van der Waals surface area contributed by atoms with E-state index in [1.807, 2.05) is 6.07 Å². The summed E-state index contributed by atoms with van der Waals surface area (Å²) in [7, 11) is 0. The minimum absolute atomic E-state index is 0.0179. The first-order chi connectivity index (χ1) is 12.9. The Bertz CT molecular complexity index is 763. The molecule has 2 N–H and O–H groups in total. The third-order valence-corrected chi connectivity index (χ3v) is 4.38. The van der Waals surface area contributed by atoms with Crippen LogP contribution >= 0.6 is 0 Å². The van der Waals surface area contributed by atoms with E-state index < -0.39 is 35.8 Å². The van der Waals surface area contributed by atoms with Crippen molar-refractivity contribution in [1.82, 2.24) is 15.7 Å². The molecule has 0 aliphatic carbocycles. The largest absolute Gasteiger partial charge is 0.355 e. The van der Waals surface area contributed by atoms with Gasteiger partial charge in [-0.1, -0.05) is 30.3 Å². The molecule has 9 nitrogen and oxygen atoms in total. The number of hydrogen-bond donors (Lipinski definition) is 2. The summed E-state index contributed by atoms with van der Waals surface area (Å²) in [5.74, 6) is -2.86. The zero-order chi connectivity index (χ0) is 19.4. The van der Waals surface area contributed by atoms with Gasteiger partial charge in [0.05, 0.1) is 0 Å². The van der Waals surface area contributed by atoms with E-state index in [1.54, 1.807) is 24.3 Å². The summed E-state index contributed by atoms with van der Waals surface area (Å²) >= 11 is 0. The molecule has 2 saturated heterocycles. The molecular formula is C18H19N3O6. The normalized spacial score (nSPS) is 20.4. The Morgan fingerprint density at radius 1 is 1.11 bits per heavy atom. The molecule has 2 aliphatic heterocycles. The van der Waals surface area contributed by atoms with E-state index in [1.165, 1.54) is 0 Å². The van der Waals surface area contributed by atoms with Gasteiger partial charge in [-0.15, -0.1) is 5.06 Å². The monoisotopic (exact) mass is 373 g/mol. The number of imide groups is 1. The third-order valence-electron chi connectivity index (χ3n) is 4.38. The van der Waals surface area contributed by atoms with E-state index in [4.69, 9.17) is 4.84 Å². The second kappa shape index (κ2) is 7.98. The zero-order valence-corrected chi connectivity index (χ0v) is 14.5. The van der Waals surface area contributed by atoms with Crippen molar-refractivity contribution >= 4 is 29.6 Å². The highest BCUT2D eigenvalue weighted by atomic mass is 16.7. The van der Waals surface area contributed by atoms with Crippen molar-refractivity contribution in [2.45, 2.75) is 44.2 Å². The van der Waals surface area contributed by atoms with E-state index >= 15 is 0 Å². The van der Waals surface area contributed by atoms with Crippen LogP contribution in [0.1, 0.15) is 31.2 Å². The fraction of sp³-hybridized carbons (Fsp3) is 0.389. The lowest BCUT2D eigenvalue weighted by atomic mass is 10.1. The lowest BCUT2D eigenvalue weighted by Crippen LogP contribution is -2.51. The van der Waals surface area contributed by atoms with Gasteiger partial charge in [-0.3, -0.25) is 19.2 Å². The summed E-state index contributed by atoms with van der Waals surface area (Å²) in [6.45, 7) is 0. The van der Waals surface area contributed by atoms with Crippen LogP contribution in [0.25, 0.3) is 0 Å². The molecule has 2 heterocycles. The minimum atomic E-state index is -1.11. The molecule has 0 aromatic heterocycles. The average molecular weight is 373 g/mol. The molecule has 0 spiro atoms. The topological polar surface area (TPSA) is 122 Å². The van der Waals surface area contributed by atoms with Crippen LogP contribution in [0.3, 0.4) is 0 Å². The Morgan fingerprint density at radius 2 is 1.78 bits per heavy atom. The molecule has 2 atom stereocenters. The van der Waals surface area contributed by atoms with Gasteiger partial charge in [0.1, 0.15) is 12.1 Å². The van der Waals surface area contributed by atoms with E-state index in [-0.39, 0.29) is 31.6 Å². The maximum Gasteiger partial charge on any atom is 0.355 e. The predicted octanol–water partition coefficient (Wildman–Crippen LogP) is -0.400. The Labute approximate surface area is 155 Å². The summed E-state index contributed by atoms with van der Waals surface area (Å²) in [5, 5.41) is 5.53. The number of hydroxylamine groups is 2. The lowest BCUT2D eigenvalue weighted by Gasteiger charge is -2.21. The summed E-state index contributed by atoms with van der Waals surface area (Å²) in [6.07, 6.45) is 0.650. The predicted molar refractivity (Wildman–Crippen MR) is 90.4 cm³/mol. The third kappa shape index (κ3) is 4.49. The number of benzene rings is 1. The smallest absolute Gasteiger partial charge is 0.344 e. The van der Waals surface area contributed by atoms with Crippen LogP contribution in [0.5, 0.6) is 0 Å². The Morgan fingerprint density at radius 3 is 2.37 bits per heavy atom. The highest BCUT2D eigenvalue weighted by Gasteiger charge is 2.36. The second-order valence-electron chi connectivity index (χ2n) is 6.40. The van der Waals surface area contributed by atoms with Crippen molar-refractivity contribution in [3.8, 4) is 0 Å². The molecule has 142 valence electrons. The molecular weight excluding hydrogens is 354 g/mol. The summed E-state index contributed by atoms with van der Waals surface area (Å²) in [6, 6.07) is 7.09. The number of hydrogen-bond acceptors (Lipinski definition) is 6. The Balaban J connectivity index is 1.71. The number of carbonyl (C=O) groups excluding carboxylic acids is 5. The van der Waals surface area contributed by atoms with Crippen LogP contribution in [-0.4, -0.2) is 46.7 Å². The molecule has 1 aromatic rings. The van der Waals surface area contributed by atoms with Gasteiger partial charge in [-0.25, -0.2) is 4.79 Å². The summed E-state index contributed by atoms with van der Waals surface area (Å²) in [5.41, 5.74) is 0.759.